The first-order valence-electron chi connectivity index (χ1n) is 7.08. The molecule has 1 aromatic carbocycles. The van der Waals surface area contributed by atoms with Crippen LogP contribution in [0.25, 0.3) is 0 Å². The molecule has 0 N–H and O–H groups in total. The fourth-order valence-corrected chi connectivity index (χ4v) is 3.16. The molecule has 1 heterocycles. The third kappa shape index (κ3) is 5.06. The van der Waals surface area contributed by atoms with Gasteiger partial charge >= 0.3 is 6.18 Å². The van der Waals surface area contributed by atoms with E-state index in [1.165, 1.54) is 18.4 Å². The summed E-state index contributed by atoms with van der Waals surface area (Å²) in [6, 6.07) is 9.70. The number of nitrogens with zero attached hydrogens (tertiary/aromatic N) is 2. The van der Waals surface area contributed by atoms with Gasteiger partial charge in [-0.2, -0.15) is 13.2 Å². The molecule has 0 unspecified atom stereocenters. The number of hydrogen-bond donors (Lipinski definition) is 0. The molecule has 0 aliphatic carbocycles. The summed E-state index contributed by atoms with van der Waals surface area (Å²) in [4.78, 5) is 18.1. The van der Waals surface area contributed by atoms with Gasteiger partial charge in [-0.15, -0.1) is 11.3 Å². The summed E-state index contributed by atoms with van der Waals surface area (Å²) in [5.74, 6) is -0.413. The van der Waals surface area contributed by atoms with Gasteiger partial charge in [-0.1, -0.05) is 30.3 Å². The molecule has 1 amide bonds. The minimum Gasteiger partial charge on any atom is -0.341 e. The van der Waals surface area contributed by atoms with Crippen LogP contribution in [0.4, 0.5) is 13.2 Å². The second kappa shape index (κ2) is 7.12. The number of hydrogen-bond acceptors (Lipinski definition) is 3. The van der Waals surface area contributed by atoms with E-state index in [-0.39, 0.29) is 6.54 Å². The molecule has 0 aliphatic rings. The Bertz CT molecular complexity index is 668. The van der Waals surface area contributed by atoms with Crippen molar-refractivity contribution in [2.45, 2.75) is 25.9 Å². The predicted octanol–water partition coefficient (Wildman–Crippen LogP) is 4.07. The molecule has 7 heteroatoms. The second-order valence-corrected chi connectivity index (χ2v) is 6.36. The molecule has 0 radical (unpaired) electrons. The molecular formula is C16H17F3N2OS. The molecule has 2 aromatic rings. The van der Waals surface area contributed by atoms with Crippen LogP contribution in [0.15, 0.2) is 30.3 Å². The quantitative estimate of drug-likeness (QED) is 0.821. The maximum atomic E-state index is 12.3. The number of carbonyl (C=O) groups excluding carboxylic acids is 1. The third-order valence-electron chi connectivity index (χ3n) is 3.31. The molecule has 0 spiro atoms. The number of aryl methyl sites for hydroxylation is 1. The molecule has 23 heavy (non-hydrogen) atoms. The van der Waals surface area contributed by atoms with Crippen molar-refractivity contribution in [2.24, 2.45) is 0 Å². The zero-order valence-corrected chi connectivity index (χ0v) is 13.7. The van der Waals surface area contributed by atoms with Gasteiger partial charge in [0.05, 0.1) is 17.1 Å². The number of rotatable bonds is 5. The Morgan fingerprint density at radius 3 is 2.52 bits per heavy atom. The topological polar surface area (TPSA) is 33.2 Å². The first kappa shape index (κ1) is 17.5. The van der Waals surface area contributed by atoms with Crippen molar-refractivity contribution in [3.63, 3.8) is 0 Å². The molecule has 1 aromatic heterocycles. The molecular weight excluding hydrogens is 325 g/mol. The average Bonchev–Trinajstić information content (AvgIpc) is 2.85. The Labute approximate surface area is 136 Å². The lowest BCUT2D eigenvalue weighted by molar-refractivity contribution is -0.136. The largest absolute Gasteiger partial charge is 0.390 e. The van der Waals surface area contributed by atoms with Crippen molar-refractivity contribution < 1.29 is 18.0 Å². The van der Waals surface area contributed by atoms with Gasteiger partial charge in [-0.25, -0.2) is 4.98 Å². The highest BCUT2D eigenvalue weighted by molar-refractivity contribution is 7.13. The molecule has 3 nitrogen and oxygen atoms in total. The van der Waals surface area contributed by atoms with Crippen molar-refractivity contribution in [1.82, 2.24) is 9.88 Å². The van der Waals surface area contributed by atoms with E-state index in [1.807, 2.05) is 30.3 Å². The number of amides is 1. The number of thiazole rings is 1. The van der Waals surface area contributed by atoms with Crippen molar-refractivity contribution in [2.75, 3.05) is 13.6 Å². The SMILES string of the molecule is Cc1nc(Cc2ccccc2)sc1C(=O)N(C)CCC(F)(F)F. The van der Waals surface area contributed by atoms with Crippen molar-refractivity contribution >= 4 is 17.2 Å². The fourth-order valence-electron chi connectivity index (χ4n) is 2.07. The Morgan fingerprint density at radius 1 is 1.26 bits per heavy atom. The first-order chi connectivity index (χ1) is 10.8. The minimum absolute atomic E-state index is 0.353. The summed E-state index contributed by atoms with van der Waals surface area (Å²) in [6.45, 7) is 1.35. The van der Waals surface area contributed by atoms with E-state index < -0.39 is 18.5 Å². The van der Waals surface area contributed by atoms with Crippen LogP contribution in [0.5, 0.6) is 0 Å². The van der Waals surface area contributed by atoms with E-state index in [1.54, 1.807) is 6.92 Å². The van der Waals surface area contributed by atoms with Crippen molar-refractivity contribution in [3.05, 3.63) is 51.5 Å². The van der Waals surface area contributed by atoms with E-state index in [0.717, 1.165) is 15.5 Å². The van der Waals surface area contributed by atoms with Gasteiger partial charge in [-0.3, -0.25) is 4.79 Å². The average molecular weight is 342 g/mol. The van der Waals surface area contributed by atoms with Crippen LogP contribution in [0.2, 0.25) is 0 Å². The first-order valence-corrected chi connectivity index (χ1v) is 7.90. The lowest BCUT2D eigenvalue weighted by atomic mass is 10.2. The zero-order chi connectivity index (χ0) is 17.0. The summed E-state index contributed by atoms with van der Waals surface area (Å²) in [7, 11) is 1.38. The van der Waals surface area contributed by atoms with Crippen LogP contribution in [-0.2, 0) is 6.42 Å². The highest BCUT2D eigenvalue weighted by Gasteiger charge is 2.29. The van der Waals surface area contributed by atoms with E-state index in [9.17, 15) is 18.0 Å². The molecule has 0 atom stereocenters. The molecule has 0 aliphatic heterocycles. The summed E-state index contributed by atoms with van der Waals surface area (Å²) in [5, 5.41) is 0.779. The molecule has 0 bridgehead atoms. The smallest absolute Gasteiger partial charge is 0.341 e. The summed E-state index contributed by atoms with van der Waals surface area (Å²) in [5.41, 5.74) is 1.63. The van der Waals surface area contributed by atoms with Gasteiger partial charge in [0.2, 0.25) is 0 Å². The van der Waals surface area contributed by atoms with Gasteiger partial charge in [0.25, 0.3) is 5.91 Å². The maximum absolute atomic E-state index is 12.3. The predicted molar refractivity (Wildman–Crippen MR) is 83.7 cm³/mol. The summed E-state index contributed by atoms with van der Waals surface area (Å²) < 4.78 is 36.8. The number of aromatic nitrogens is 1. The van der Waals surface area contributed by atoms with Crippen LogP contribution in [0.1, 0.15) is 32.4 Å². The van der Waals surface area contributed by atoms with Crippen LogP contribution in [0.3, 0.4) is 0 Å². The monoisotopic (exact) mass is 342 g/mol. The maximum Gasteiger partial charge on any atom is 0.390 e. The van der Waals surface area contributed by atoms with E-state index in [4.69, 9.17) is 0 Å². The molecule has 2 rings (SSSR count). The molecule has 0 saturated carbocycles. The highest BCUT2D eigenvalue weighted by Crippen LogP contribution is 2.24. The van der Waals surface area contributed by atoms with Gasteiger partial charge in [0.1, 0.15) is 4.88 Å². The molecule has 0 fully saturated rings. The third-order valence-corrected chi connectivity index (χ3v) is 4.46. The molecule has 124 valence electrons. The van der Waals surface area contributed by atoms with Crippen LogP contribution in [-0.4, -0.2) is 35.6 Å². The van der Waals surface area contributed by atoms with Crippen molar-refractivity contribution in [3.8, 4) is 0 Å². The van der Waals surface area contributed by atoms with E-state index >= 15 is 0 Å². The molecule has 0 saturated heterocycles. The normalized spacial score (nSPS) is 11.5. The van der Waals surface area contributed by atoms with Gasteiger partial charge < -0.3 is 4.90 Å². The van der Waals surface area contributed by atoms with Gasteiger partial charge in [0, 0.05) is 20.0 Å². The van der Waals surface area contributed by atoms with Gasteiger partial charge in [-0.05, 0) is 12.5 Å². The Morgan fingerprint density at radius 2 is 1.91 bits per heavy atom. The number of halogens is 3. The van der Waals surface area contributed by atoms with E-state index in [0.29, 0.717) is 17.0 Å². The Kier molecular flexibility index (Phi) is 5.41. The Balaban J connectivity index is 2.06. The number of alkyl halides is 3. The summed E-state index contributed by atoms with van der Waals surface area (Å²) >= 11 is 1.24. The standard InChI is InChI=1S/C16H17F3N2OS/c1-11-14(15(22)21(2)9-8-16(17,18)19)23-13(20-11)10-12-6-4-3-5-7-12/h3-7H,8-10H2,1-2H3. The second-order valence-electron chi connectivity index (χ2n) is 5.28. The van der Waals surface area contributed by atoms with Gasteiger partial charge in [0.15, 0.2) is 0 Å². The van der Waals surface area contributed by atoms with Crippen LogP contribution < -0.4 is 0 Å². The lowest BCUT2D eigenvalue weighted by Gasteiger charge is -2.17. The van der Waals surface area contributed by atoms with Crippen molar-refractivity contribution in [1.29, 1.82) is 0 Å². The highest BCUT2D eigenvalue weighted by atomic mass is 32.1. The number of benzene rings is 1. The zero-order valence-electron chi connectivity index (χ0n) is 12.9. The van der Waals surface area contributed by atoms with Crippen LogP contribution >= 0.6 is 11.3 Å². The fraction of sp³-hybridized carbons (Fsp3) is 0.375. The van der Waals surface area contributed by atoms with Crippen LogP contribution in [0, 0.1) is 6.92 Å². The summed E-state index contributed by atoms with van der Waals surface area (Å²) in [6.07, 6.45) is -4.67. The minimum atomic E-state index is -4.27. The Hall–Kier alpha value is -1.89. The number of carbonyl (C=O) groups is 1. The van der Waals surface area contributed by atoms with E-state index in [2.05, 4.69) is 4.98 Å². The lowest BCUT2D eigenvalue weighted by Crippen LogP contribution is -2.30.